The van der Waals surface area contributed by atoms with Gasteiger partial charge < -0.3 is 10.7 Å². The number of H-pyrrole nitrogens is 1. The van der Waals surface area contributed by atoms with E-state index in [1.165, 1.54) is 0 Å². The average Bonchev–Trinajstić information content (AvgIpc) is 2.59. The van der Waals surface area contributed by atoms with Crippen LogP contribution in [0.25, 0.3) is 11.2 Å². The second-order valence-electron chi connectivity index (χ2n) is 3.66. The highest BCUT2D eigenvalue weighted by atomic mass is 15.1. The smallest absolute Gasteiger partial charge is 0.199 e. The Kier molecular flexibility index (Phi) is 2.17. The zero-order valence-electron chi connectivity index (χ0n) is 8.23. The van der Waals surface area contributed by atoms with Crippen LogP contribution < -0.4 is 5.73 Å². The van der Waals surface area contributed by atoms with Gasteiger partial charge in [-0.1, -0.05) is 13.8 Å². The normalized spacial score (nSPS) is 13.7. The largest absolute Gasteiger partial charge is 0.339 e. The Labute approximate surface area is 81.7 Å². The van der Waals surface area contributed by atoms with Gasteiger partial charge in [0, 0.05) is 0 Å². The molecular weight excluding hydrogens is 178 g/mol. The van der Waals surface area contributed by atoms with Crippen LogP contribution in [0.3, 0.4) is 0 Å². The zero-order valence-corrected chi connectivity index (χ0v) is 8.23. The molecule has 0 saturated carbocycles. The van der Waals surface area contributed by atoms with Gasteiger partial charge >= 0.3 is 0 Å². The second kappa shape index (κ2) is 3.34. The molecule has 0 amide bonds. The van der Waals surface area contributed by atoms with Crippen molar-refractivity contribution in [2.45, 2.75) is 19.9 Å². The lowest BCUT2D eigenvalue weighted by Crippen LogP contribution is -2.18. The van der Waals surface area contributed by atoms with Crippen molar-refractivity contribution in [1.82, 2.24) is 20.2 Å². The fourth-order valence-corrected chi connectivity index (χ4v) is 1.26. The summed E-state index contributed by atoms with van der Waals surface area (Å²) in [6, 6.07) is 1.76. The number of hydrogen-bond donors (Lipinski definition) is 2. The van der Waals surface area contributed by atoms with Crippen molar-refractivity contribution in [3.05, 3.63) is 18.1 Å². The van der Waals surface area contributed by atoms with E-state index in [-0.39, 0.29) is 6.04 Å². The first-order chi connectivity index (χ1) is 6.68. The van der Waals surface area contributed by atoms with E-state index >= 15 is 0 Å². The maximum absolute atomic E-state index is 5.96. The van der Waals surface area contributed by atoms with Crippen molar-refractivity contribution in [1.29, 1.82) is 0 Å². The highest BCUT2D eigenvalue weighted by Gasteiger charge is 2.14. The molecule has 1 atom stereocenters. The van der Waals surface area contributed by atoms with Crippen molar-refractivity contribution >= 4 is 11.2 Å². The molecule has 2 aromatic heterocycles. The third-order valence-electron chi connectivity index (χ3n) is 2.22. The summed E-state index contributed by atoms with van der Waals surface area (Å²) in [6.45, 7) is 4.12. The van der Waals surface area contributed by atoms with Crippen LogP contribution in [0.2, 0.25) is 0 Å². The summed E-state index contributed by atoms with van der Waals surface area (Å²) in [5.74, 6) is 1.12. The number of nitrogens with zero attached hydrogens (tertiary/aromatic N) is 3. The van der Waals surface area contributed by atoms with E-state index in [9.17, 15) is 0 Å². The first-order valence-electron chi connectivity index (χ1n) is 4.61. The first-order valence-corrected chi connectivity index (χ1v) is 4.61. The third kappa shape index (κ3) is 1.46. The van der Waals surface area contributed by atoms with E-state index in [2.05, 4.69) is 34.0 Å². The lowest BCUT2D eigenvalue weighted by molar-refractivity contribution is 0.495. The van der Waals surface area contributed by atoms with Crippen molar-refractivity contribution in [3.63, 3.8) is 0 Å². The number of nitrogens with one attached hydrogen (secondary N) is 1. The number of nitrogens with two attached hydrogens (primary N) is 1. The third-order valence-corrected chi connectivity index (χ3v) is 2.22. The molecule has 0 aromatic carbocycles. The van der Waals surface area contributed by atoms with Crippen molar-refractivity contribution in [2.75, 3.05) is 0 Å². The van der Waals surface area contributed by atoms with E-state index in [0.717, 1.165) is 11.3 Å². The molecular formula is C9H13N5. The molecule has 0 radical (unpaired) electrons. The molecule has 14 heavy (non-hydrogen) atoms. The van der Waals surface area contributed by atoms with Gasteiger partial charge in [-0.05, 0) is 12.0 Å². The minimum Gasteiger partial charge on any atom is -0.339 e. The molecule has 0 aliphatic rings. The van der Waals surface area contributed by atoms with Crippen LogP contribution in [0.1, 0.15) is 25.7 Å². The molecule has 0 bridgehead atoms. The Hall–Kier alpha value is -1.49. The Morgan fingerprint density at radius 3 is 2.86 bits per heavy atom. The molecule has 2 aromatic rings. The number of imidazole rings is 1. The van der Waals surface area contributed by atoms with Crippen molar-refractivity contribution in [3.8, 4) is 0 Å². The number of aromatic amines is 1. The summed E-state index contributed by atoms with van der Waals surface area (Å²) in [5, 5.41) is 7.65. The highest BCUT2D eigenvalue weighted by Crippen LogP contribution is 2.17. The van der Waals surface area contributed by atoms with Crippen LogP contribution in [0, 0.1) is 5.92 Å². The molecule has 74 valence electrons. The second-order valence-corrected chi connectivity index (χ2v) is 3.66. The van der Waals surface area contributed by atoms with E-state index < -0.39 is 0 Å². The SMILES string of the molecule is CC(C)[C@H](N)c1nc2nnccc2[nH]1. The Bertz CT molecular complexity index is 400. The standard InChI is InChI=1S/C9H13N5/c1-5(2)7(10)9-12-6-3-4-11-14-8(6)13-9/h3-5,7H,10H2,1-2H3,(H,12,13,14)/t7-/m0/s1. The predicted octanol–water partition coefficient (Wildman–Crippen LogP) is 1.01. The van der Waals surface area contributed by atoms with Gasteiger partial charge in [-0.2, -0.15) is 5.10 Å². The maximum atomic E-state index is 5.96. The summed E-state index contributed by atoms with van der Waals surface area (Å²) in [6.07, 6.45) is 1.63. The fourth-order valence-electron chi connectivity index (χ4n) is 1.26. The molecule has 2 rings (SSSR count). The lowest BCUT2D eigenvalue weighted by atomic mass is 10.1. The number of aromatic nitrogens is 4. The summed E-state index contributed by atoms with van der Waals surface area (Å²) in [7, 11) is 0. The van der Waals surface area contributed by atoms with Gasteiger partial charge in [0.1, 0.15) is 5.82 Å². The Morgan fingerprint density at radius 2 is 2.21 bits per heavy atom. The van der Waals surface area contributed by atoms with Crippen molar-refractivity contribution in [2.24, 2.45) is 11.7 Å². The summed E-state index contributed by atoms with van der Waals surface area (Å²) in [5.41, 5.74) is 7.46. The molecule has 0 aliphatic heterocycles. The maximum Gasteiger partial charge on any atom is 0.199 e. The molecule has 0 fully saturated rings. The van der Waals surface area contributed by atoms with Gasteiger partial charge in [0.05, 0.1) is 17.8 Å². The van der Waals surface area contributed by atoms with E-state index in [1.807, 2.05) is 6.07 Å². The lowest BCUT2D eigenvalue weighted by Gasteiger charge is -2.11. The molecule has 3 N–H and O–H groups in total. The van der Waals surface area contributed by atoms with Gasteiger partial charge in [-0.15, -0.1) is 5.10 Å². The van der Waals surface area contributed by atoms with Crippen molar-refractivity contribution < 1.29 is 0 Å². The Morgan fingerprint density at radius 1 is 1.43 bits per heavy atom. The average molecular weight is 191 g/mol. The fraction of sp³-hybridized carbons (Fsp3) is 0.444. The minimum absolute atomic E-state index is 0.0794. The Balaban J connectivity index is 2.45. The topological polar surface area (TPSA) is 80.5 Å². The molecule has 2 heterocycles. The highest BCUT2D eigenvalue weighted by molar-refractivity contribution is 5.69. The van der Waals surface area contributed by atoms with Gasteiger partial charge in [0.15, 0.2) is 5.65 Å². The number of fused-ring (bicyclic) bond motifs is 1. The van der Waals surface area contributed by atoms with Crippen LogP contribution in [0.5, 0.6) is 0 Å². The number of rotatable bonds is 2. The molecule has 0 aliphatic carbocycles. The predicted molar refractivity (Wildman–Crippen MR) is 53.5 cm³/mol. The van der Waals surface area contributed by atoms with Gasteiger partial charge in [0.25, 0.3) is 0 Å². The van der Waals surface area contributed by atoms with E-state index in [4.69, 9.17) is 5.73 Å². The summed E-state index contributed by atoms with van der Waals surface area (Å²) < 4.78 is 0. The zero-order chi connectivity index (χ0) is 10.1. The van der Waals surface area contributed by atoms with E-state index in [1.54, 1.807) is 6.20 Å². The molecule has 5 nitrogen and oxygen atoms in total. The van der Waals surface area contributed by atoms with Gasteiger partial charge in [-0.3, -0.25) is 0 Å². The van der Waals surface area contributed by atoms with Crippen LogP contribution >= 0.6 is 0 Å². The van der Waals surface area contributed by atoms with E-state index in [0.29, 0.717) is 11.6 Å². The molecule has 0 spiro atoms. The minimum atomic E-state index is -0.0794. The summed E-state index contributed by atoms with van der Waals surface area (Å²) in [4.78, 5) is 7.42. The van der Waals surface area contributed by atoms with Gasteiger partial charge in [0.2, 0.25) is 0 Å². The first kappa shape index (κ1) is 9.08. The van der Waals surface area contributed by atoms with Crippen LogP contribution in [0.4, 0.5) is 0 Å². The molecule has 0 unspecified atom stereocenters. The molecule has 0 saturated heterocycles. The quantitative estimate of drug-likeness (QED) is 0.742. The molecule has 5 heteroatoms. The van der Waals surface area contributed by atoms with Crippen LogP contribution in [-0.4, -0.2) is 20.2 Å². The van der Waals surface area contributed by atoms with Crippen LogP contribution in [0.15, 0.2) is 12.3 Å². The summed E-state index contributed by atoms with van der Waals surface area (Å²) >= 11 is 0. The monoisotopic (exact) mass is 191 g/mol. The van der Waals surface area contributed by atoms with Gasteiger partial charge in [-0.25, -0.2) is 4.98 Å². The number of hydrogen-bond acceptors (Lipinski definition) is 4. The van der Waals surface area contributed by atoms with Crippen LogP contribution in [-0.2, 0) is 0 Å².